The van der Waals surface area contributed by atoms with E-state index in [2.05, 4.69) is 53.5 Å². The summed E-state index contributed by atoms with van der Waals surface area (Å²) in [5.41, 5.74) is 17.3. The monoisotopic (exact) mass is 1420 g/mol. The minimum absolute atomic E-state index is 0.956. The Morgan fingerprint density at radius 2 is 0.845 bits per heavy atom. The van der Waals surface area contributed by atoms with Gasteiger partial charge in [0, 0.05) is 57.7 Å². The first-order valence-electron chi connectivity index (χ1n) is 39.3. The van der Waals surface area contributed by atoms with Crippen LogP contribution in [0.5, 0.6) is 0 Å². The van der Waals surface area contributed by atoms with Crippen molar-refractivity contribution in [2.24, 2.45) is 0 Å². The molecule has 562 valence electrons. The van der Waals surface area contributed by atoms with Crippen molar-refractivity contribution in [1.82, 2.24) is 29.9 Å². The Bertz CT molecular complexity index is 2190. The lowest BCUT2D eigenvalue weighted by Crippen LogP contribution is -1.77. The second-order valence-electron chi connectivity index (χ2n) is 16.8. The molecular formula is C84H154N6O3S4. The molecule has 0 saturated carbocycles. The number of fused-ring (bicyclic) bond motifs is 8. The van der Waals surface area contributed by atoms with E-state index in [0.717, 1.165) is 36.0 Å². The van der Waals surface area contributed by atoms with Gasteiger partial charge in [-0.25, -0.2) is 19.9 Å². The second kappa shape index (κ2) is 87.1. The lowest BCUT2D eigenvalue weighted by Gasteiger charge is -1.81. The van der Waals surface area contributed by atoms with Gasteiger partial charge in [-0.15, -0.1) is 45.8 Å². The van der Waals surface area contributed by atoms with Crippen LogP contribution in [-0.4, -0.2) is 35.7 Å². The molecule has 9 nitrogen and oxygen atoms in total. The molecule has 97 heavy (non-hydrogen) atoms. The summed E-state index contributed by atoms with van der Waals surface area (Å²) in [6.45, 7) is 64.0. The standard InChI is InChI=1S/C8H6O.C7H9N.C7H8O.C7H8S.C6H8N2.C6H7NO.C6H7NS.C5H5NS2.16C2H6/c1-2-4-8-7(3-1)5-6-9-8;3*1-2-6-4-5-8-7(6)3-1;3*1-2-5-6(3-1)8-4-7-5;1-2-7-5-4(1)6-3-8-5;16*1-2/h1-6H;4-5,8H,1-3H2;2*4-5H,1-3H2;4H,1-3H2,(H,7,8);2*4H,1-3H2;3H,1-2H2;16*1-2H3. The zero-order chi connectivity index (χ0) is 75.9. The first kappa shape index (κ1) is 108. The number of imidazole rings is 1. The highest BCUT2D eigenvalue weighted by atomic mass is 32.2. The van der Waals surface area contributed by atoms with E-state index in [1.54, 1.807) is 52.0 Å². The molecule has 0 amide bonds. The number of aromatic amines is 2. The number of furan rings is 2. The quantitative estimate of drug-likeness (QED) is 0.154. The number of aryl methyl sites for hydroxylation is 13. The second-order valence-corrected chi connectivity index (χ2v) is 20.9. The maximum atomic E-state index is 5.18. The van der Waals surface area contributed by atoms with Crippen molar-refractivity contribution in [1.29, 1.82) is 0 Å². The highest BCUT2D eigenvalue weighted by Crippen LogP contribution is 2.33. The van der Waals surface area contributed by atoms with E-state index in [0.29, 0.717) is 0 Å². The number of thiophene rings is 1. The van der Waals surface area contributed by atoms with Crippen LogP contribution in [0.4, 0.5) is 0 Å². The summed E-state index contributed by atoms with van der Waals surface area (Å²) in [7, 11) is 0. The van der Waals surface area contributed by atoms with Crippen molar-refractivity contribution in [3.63, 3.8) is 0 Å². The lowest BCUT2D eigenvalue weighted by molar-refractivity contribution is 0.508. The van der Waals surface area contributed by atoms with Crippen LogP contribution in [0.2, 0.25) is 0 Å². The van der Waals surface area contributed by atoms with Crippen molar-refractivity contribution in [3.8, 4) is 0 Å². The highest BCUT2D eigenvalue weighted by molar-refractivity contribution is 8.01. The minimum Gasteiger partial charge on any atom is -0.469 e. The van der Waals surface area contributed by atoms with Crippen molar-refractivity contribution in [3.05, 3.63) is 169 Å². The molecule has 2 N–H and O–H groups in total. The van der Waals surface area contributed by atoms with Crippen molar-refractivity contribution in [2.45, 2.75) is 348 Å². The number of aromatic nitrogens is 6. The number of hydrogen-bond acceptors (Lipinski definition) is 11. The molecule has 0 saturated heterocycles. The molecule has 1 aromatic carbocycles. The van der Waals surface area contributed by atoms with Gasteiger partial charge in [0.1, 0.15) is 17.1 Å². The van der Waals surface area contributed by atoms with E-state index in [-0.39, 0.29) is 0 Å². The van der Waals surface area contributed by atoms with Crippen LogP contribution in [0.3, 0.4) is 0 Å². The van der Waals surface area contributed by atoms with Gasteiger partial charge in [0.05, 0.1) is 56.9 Å². The van der Waals surface area contributed by atoms with Crippen LogP contribution < -0.4 is 0 Å². The smallest absolute Gasteiger partial charge is 0.181 e. The molecule has 0 fully saturated rings. The van der Waals surface area contributed by atoms with E-state index < -0.39 is 0 Å². The van der Waals surface area contributed by atoms with Gasteiger partial charge in [-0.05, 0) is 155 Å². The zero-order valence-electron chi connectivity index (χ0n) is 69.0. The fourth-order valence-electron chi connectivity index (χ4n) is 8.99. The number of hydrogen-bond donors (Lipinski definition) is 2. The number of oxazole rings is 1. The van der Waals surface area contributed by atoms with Gasteiger partial charge < -0.3 is 23.2 Å². The van der Waals surface area contributed by atoms with Gasteiger partial charge in [-0.2, -0.15) is 0 Å². The summed E-state index contributed by atoms with van der Waals surface area (Å²) in [6.07, 6.45) is 32.6. The molecule has 0 radical (unpaired) electrons. The SMILES string of the molecule is CC.CC.CC.CC.CC.CC.CC.CC.CC.CC.CC.CC.CC.CC.CC.CC.c1cc2c([nH]1)CCC2.c1cc2c(o1)CCC2.c1cc2c(s1)CCC2.c1ccc2occc2c1.c1nc2c([nH]1)CCC2.c1nc2c(o1)CCC2.c1nc2c(s1)CCC2.c1nc2c(s1)SCC2. The van der Waals surface area contributed by atoms with Gasteiger partial charge in [0.15, 0.2) is 6.39 Å². The number of thioether (sulfide) groups is 1. The summed E-state index contributed by atoms with van der Waals surface area (Å²) < 4.78 is 16.8. The average molecular weight is 1420 g/mol. The fourth-order valence-corrected chi connectivity index (χ4v) is 12.9. The van der Waals surface area contributed by atoms with Gasteiger partial charge in [-0.1, -0.05) is 240 Å². The Hall–Kier alpha value is -4.95. The largest absolute Gasteiger partial charge is 0.469 e. The van der Waals surface area contributed by atoms with Gasteiger partial charge >= 0.3 is 0 Å². The topological polar surface area (TPSA) is 123 Å². The molecular weight excluding hydrogens is 1270 g/mol. The first-order valence-corrected chi connectivity index (χ1v) is 42.9. The van der Waals surface area contributed by atoms with Gasteiger partial charge in [0.25, 0.3) is 0 Å². The molecule has 13 heteroatoms. The van der Waals surface area contributed by atoms with E-state index >= 15 is 0 Å². The third kappa shape index (κ3) is 46.9. The van der Waals surface area contributed by atoms with E-state index in [9.17, 15) is 0 Å². The molecule has 7 aliphatic rings. The third-order valence-corrected chi connectivity index (χ3v) is 16.6. The Balaban J connectivity index is -0.000000147. The van der Waals surface area contributed by atoms with Gasteiger partial charge in [-0.3, -0.25) is 0 Å². The molecule has 8 aromatic heterocycles. The molecule has 1 aliphatic heterocycles. The Labute approximate surface area is 617 Å². The maximum Gasteiger partial charge on any atom is 0.181 e. The van der Waals surface area contributed by atoms with Crippen LogP contribution in [0.1, 0.15) is 332 Å². The predicted octanol–water partition coefficient (Wildman–Crippen LogP) is 29.8. The van der Waals surface area contributed by atoms with E-state index in [4.69, 9.17) is 13.3 Å². The fraction of sp³-hybridized carbons (Fsp3) is 0.619. The van der Waals surface area contributed by atoms with Crippen LogP contribution in [0.25, 0.3) is 11.0 Å². The van der Waals surface area contributed by atoms with Crippen molar-refractivity contribution in [2.75, 3.05) is 5.75 Å². The summed E-state index contributed by atoms with van der Waals surface area (Å²) in [4.78, 5) is 26.1. The number of benzene rings is 1. The van der Waals surface area contributed by atoms with Crippen LogP contribution in [0, 0.1) is 0 Å². The lowest BCUT2D eigenvalue weighted by atomic mass is 10.3. The molecule has 9 aromatic rings. The molecule has 9 heterocycles. The molecule has 6 aliphatic carbocycles. The summed E-state index contributed by atoms with van der Waals surface area (Å²) in [6, 6.07) is 16.4. The molecule has 0 atom stereocenters. The Kier molecular flexibility index (Phi) is 97.0. The van der Waals surface area contributed by atoms with E-state index in [1.165, 1.54) is 175 Å². The number of H-pyrrole nitrogens is 2. The van der Waals surface area contributed by atoms with Crippen molar-refractivity contribution < 1.29 is 13.3 Å². The number of nitrogens with zero attached hydrogens (tertiary/aromatic N) is 4. The Morgan fingerprint density at radius 1 is 0.340 bits per heavy atom. The zero-order valence-corrected chi connectivity index (χ0v) is 72.3. The van der Waals surface area contributed by atoms with Crippen LogP contribution in [0.15, 0.2) is 114 Å². The number of para-hydroxylation sites is 1. The number of nitrogens with one attached hydrogen (secondary N) is 2. The molecule has 16 rings (SSSR count). The molecule has 0 bridgehead atoms. The molecule has 0 unspecified atom stereocenters. The van der Waals surface area contributed by atoms with Gasteiger partial charge in [0.2, 0.25) is 0 Å². The maximum absolute atomic E-state index is 5.18. The summed E-state index contributed by atoms with van der Waals surface area (Å²) >= 11 is 7.41. The molecule has 0 spiro atoms. The van der Waals surface area contributed by atoms with Crippen LogP contribution >= 0.6 is 45.8 Å². The van der Waals surface area contributed by atoms with Crippen molar-refractivity contribution >= 4 is 56.7 Å². The normalized spacial score (nSPS) is 11.5. The summed E-state index contributed by atoms with van der Waals surface area (Å²) in [5.74, 6) is 3.56. The average Bonchev–Trinajstić information content (AvgIpc) is 2.35. The predicted molar refractivity (Wildman–Crippen MR) is 447 cm³/mol. The number of rotatable bonds is 0. The third-order valence-electron chi connectivity index (χ3n) is 12.4. The summed E-state index contributed by atoms with van der Waals surface area (Å²) in [5, 5.41) is 3.36. The Morgan fingerprint density at radius 3 is 1.43 bits per heavy atom. The van der Waals surface area contributed by atoms with E-state index in [1.807, 2.05) is 292 Å². The first-order chi connectivity index (χ1) is 48.2. The number of thiazole rings is 2. The highest BCUT2D eigenvalue weighted by Gasteiger charge is 2.16. The minimum atomic E-state index is 0.956. The van der Waals surface area contributed by atoms with Crippen LogP contribution in [-0.2, 0) is 83.5 Å².